The fraction of sp³-hybridized carbons (Fsp3) is 0.333. The van der Waals surface area contributed by atoms with Crippen molar-refractivity contribution in [3.8, 4) is 0 Å². The van der Waals surface area contributed by atoms with Gasteiger partial charge in [-0.05, 0) is 48.2 Å². The summed E-state index contributed by atoms with van der Waals surface area (Å²) in [6, 6.07) is 13.1. The largest absolute Gasteiger partial charge is 0.332 e. The van der Waals surface area contributed by atoms with E-state index in [0.717, 1.165) is 0 Å². The summed E-state index contributed by atoms with van der Waals surface area (Å²) >= 11 is 11.4. The van der Waals surface area contributed by atoms with Gasteiger partial charge in [0.2, 0.25) is 0 Å². The van der Waals surface area contributed by atoms with Crippen LogP contribution in [0.25, 0.3) is 0 Å². The zero-order valence-electron chi connectivity index (χ0n) is 16.2. The van der Waals surface area contributed by atoms with E-state index in [1.807, 2.05) is 0 Å². The van der Waals surface area contributed by atoms with Crippen LogP contribution >= 0.6 is 38.4 Å². The van der Waals surface area contributed by atoms with Crippen LogP contribution in [0.15, 0.2) is 48.5 Å². The van der Waals surface area contributed by atoms with Gasteiger partial charge in [0.1, 0.15) is 0 Å². The van der Waals surface area contributed by atoms with Crippen molar-refractivity contribution in [3.05, 3.63) is 69.7 Å². The molecule has 2 radical (unpaired) electrons. The van der Waals surface area contributed by atoms with Crippen LogP contribution in [-0.4, -0.2) is 42.6 Å². The average Bonchev–Trinajstić information content (AvgIpc) is 2.58. The highest BCUT2D eigenvalue weighted by atomic mass is 35.5. The highest BCUT2D eigenvalue weighted by Gasteiger charge is 2.29. The van der Waals surface area contributed by atoms with Crippen molar-refractivity contribution in [2.45, 2.75) is 38.0 Å². The first-order valence-corrected chi connectivity index (χ1v) is 12.6. The Hall–Kier alpha value is 0.0862. The molecule has 0 saturated heterocycles. The first-order chi connectivity index (χ1) is 12.9. The summed E-state index contributed by atoms with van der Waals surface area (Å²) in [4.78, 5) is 36.3. The molecule has 6 nitrogen and oxygen atoms in total. The van der Waals surface area contributed by atoms with Crippen LogP contribution in [-0.2, 0) is 9.13 Å². The second-order valence-corrected chi connectivity index (χ2v) is 10.6. The lowest BCUT2D eigenvalue weighted by Gasteiger charge is -2.16. The van der Waals surface area contributed by atoms with Gasteiger partial charge in [-0.15, -0.1) is 0 Å². The lowest BCUT2D eigenvalue weighted by atomic mass is 10.1. The van der Waals surface area contributed by atoms with E-state index in [2.05, 4.69) is 0 Å². The molecule has 0 heterocycles. The van der Waals surface area contributed by atoms with Gasteiger partial charge in [-0.1, -0.05) is 61.3 Å². The maximum atomic E-state index is 11.1. The van der Waals surface area contributed by atoms with Gasteiger partial charge >= 0.3 is 15.2 Å². The van der Waals surface area contributed by atoms with Crippen LogP contribution < -0.4 is 0 Å². The molecule has 0 spiro atoms. The second kappa shape index (κ2) is 12.8. The van der Waals surface area contributed by atoms with Crippen LogP contribution in [0.2, 0.25) is 10.0 Å². The first-order valence-electron chi connectivity index (χ1n) is 8.51. The van der Waals surface area contributed by atoms with Gasteiger partial charge < -0.3 is 19.6 Å². The predicted molar refractivity (Wildman–Crippen MR) is 119 cm³/mol. The average molecular weight is 494 g/mol. The number of hydrogen-bond acceptors (Lipinski definition) is 2. The number of rotatable bonds is 6. The molecule has 2 rings (SSSR count). The summed E-state index contributed by atoms with van der Waals surface area (Å²) in [5.74, 6) is 0. The van der Waals surface area contributed by atoms with Crippen LogP contribution in [0, 0.1) is 0 Å². The molecule has 2 atom stereocenters. The molecule has 0 saturated carbocycles. The molecule has 0 aliphatic rings. The van der Waals surface area contributed by atoms with Crippen molar-refractivity contribution < 1.29 is 28.7 Å². The van der Waals surface area contributed by atoms with Crippen molar-refractivity contribution in [1.82, 2.24) is 0 Å². The van der Waals surface area contributed by atoms with Crippen LogP contribution in [0.1, 0.15) is 49.1 Å². The van der Waals surface area contributed by atoms with Crippen molar-refractivity contribution >= 4 is 61.4 Å². The molecule has 0 aliphatic heterocycles. The zero-order valence-corrected chi connectivity index (χ0v) is 20.9. The van der Waals surface area contributed by atoms with E-state index < -0.39 is 26.5 Å². The van der Waals surface area contributed by atoms with Crippen molar-refractivity contribution in [3.63, 3.8) is 0 Å². The minimum absolute atomic E-state index is 0. The van der Waals surface area contributed by atoms with Gasteiger partial charge in [-0.25, -0.2) is 0 Å². The molecule has 0 aliphatic carbocycles. The molecule has 0 fully saturated rings. The summed E-state index contributed by atoms with van der Waals surface area (Å²) in [6.45, 7) is 3.50. The van der Waals surface area contributed by atoms with Gasteiger partial charge in [-0.3, -0.25) is 9.13 Å². The van der Waals surface area contributed by atoms with Gasteiger partial charge in [0.15, 0.2) is 0 Å². The Balaban J connectivity index is 0.000000523. The number of benzene rings is 2. The molecule has 11 heteroatoms. The zero-order chi connectivity index (χ0) is 21.5. The third-order valence-corrected chi connectivity index (χ3v) is 7.55. The van der Waals surface area contributed by atoms with E-state index in [1.54, 1.807) is 62.4 Å². The molecule has 2 unspecified atom stereocenters. The van der Waals surface area contributed by atoms with Gasteiger partial charge in [0.25, 0.3) is 0 Å². The Morgan fingerprint density at radius 2 is 0.931 bits per heavy atom. The van der Waals surface area contributed by atoms with Gasteiger partial charge in [0.05, 0.1) is 11.3 Å². The fourth-order valence-corrected chi connectivity index (χ4v) is 5.03. The molecule has 0 aromatic heterocycles. The topological polar surface area (TPSA) is 115 Å². The Morgan fingerprint density at radius 3 is 1.10 bits per heavy atom. The van der Waals surface area contributed by atoms with Gasteiger partial charge in [-0.2, -0.15) is 0 Å². The Bertz CT molecular complexity index is 765. The third-order valence-electron chi connectivity index (χ3n) is 4.09. The fourth-order valence-electron chi connectivity index (χ4n) is 2.71. The Labute approximate surface area is 197 Å². The van der Waals surface area contributed by atoms with E-state index in [1.165, 1.54) is 0 Å². The standard InChI is InChI=1S/2C9H12ClO3P.Mg/c2*1-2-9(14(11,12)13)7-3-5-8(10)6-4-7;/h2*3-6,9H,2H2,1H3,(H2,11,12,13);. The molecule has 0 bridgehead atoms. The van der Waals surface area contributed by atoms with Crippen LogP contribution in [0.3, 0.4) is 0 Å². The summed E-state index contributed by atoms with van der Waals surface area (Å²) in [7, 11) is -8.11. The Kier molecular flexibility index (Phi) is 12.9. The predicted octanol–water partition coefficient (Wildman–Crippen LogP) is 5.56. The number of halogens is 2. The van der Waals surface area contributed by atoms with Crippen molar-refractivity contribution in [2.24, 2.45) is 0 Å². The molecule has 29 heavy (non-hydrogen) atoms. The third kappa shape index (κ3) is 9.83. The summed E-state index contributed by atoms with van der Waals surface area (Å²) < 4.78 is 22.2. The highest BCUT2D eigenvalue weighted by molar-refractivity contribution is 7.52. The van der Waals surface area contributed by atoms with Crippen molar-refractivity contribution in [2.75, 3.05) is 0 Å². The SMILES string of the molecule is CCC(c1ccc(Cl)cc1)P(=O)(O)O.CCC(c1ccc(Cl)cc1)P(=O)(O)O.[Mg]. The Morgan fingerprint density at radius 1 is 0.690 bits per heavy atom. The molecule has 2 aromatic rings. The smallest absolute Gasteiger partial charge is 0.324 e. The number of hydrogen-bond donors (Lipinski definition) is 4. The highest BCUT2D eigenvalue weighted by Crippen LogP contribution is 2.54. The van der Waals surface area contributed by atoms with Crippen LogP contribution in [0.4, 0.5) is 0 Å². The van der Waals surface area contributed by atoms with E-state index in [0.29, 0.717) is 34.0 Å². The minimum atomic E-state index is -4.06. The van der Waals surface area contributed by atoms with E-state index in [9.17, 15) is 9.13 Å². The monoisotopic (exact) mass is 492 g/mol. The molecular formula is C18H24Cl2MgO6P2. The summed E-state index contributed by atoms with van der Waals surface area (Å²) in [5, 5.41) is 1.13. The molecule has 4 N–H and O–H groups in total. The maximum absolute atomic E-state index is 11.1. The normalized spacial score (nSPS) is 13.5. The molecular weight excluding hydrogens is 469 g/mol. The van der Waals surface area contributed by atoms with E-state index in [-0.39, 0.29) is 23.1 Å². The molecule has 2 aromatic carbocycles. The maximum Gasteiger partial charge on any atom is 0.332 e. The quantitative estimate of drug-likeness (QED) is 0.310. The summed E-state index contributed by atoms with van der Waals surface area (Å²) in [5.41, 5.74) is -0.185. The lowest BCUT2D eigenvalue weighted by molar-refractivity contribution is 0.355. The summed E-state index contributed by atoms with van der Waals surface area (Å²) in [6.07, 6.45) is 0.817. The second-order valence-electron chi connectivity index (χ2n) is 6.13. The van der Waals surface area contributed by atoms with Crippen LogP contribution in [0.5, 0.6) is 0 Å². The first kappa shape index (κ1) is 29.1. The minimum Gasteiger partial charge on any atom is -0.324 e. The lowest BCUT2D eigenvalue weighted by Crippen LogP contribution is -1.97. The molecule has 158 valence electrons. The van der Waals surface area contributed by atoms with Gasteiger partial charge in [0, 0.05) is 33.1 Å². The van der Waals surface area contributed by atoms with E-state index >= 15 is 0 Å². The van der Waals surface area contributed by atoms with E-state index in [4.69, 9.17) is 42.8 Å². The molecule has 0 amide bonds. The van der Waals surface area contributed by atoms with Crippen molar-refractivity contribution in [1.29, 1.82) is 0 Å².